The second-order valence-corrected chi connectivity index (χ2v) is 6.41. The molecule has 3 rings (SSSR count). The van der Waals surface area contributed by atoms with E-state index in [1.165, 1.54) is 0 Å². The minimum Gasteiger partial charge on any atom is -0.444 e. The van der Waals surface area contributed by atoms with Crippen LogP contribution >= 0.6 is 27.5 Å². The number of nitrogens with zero attached hydrogens (tertiary/aromatic N) is 1. The molecule has 0 spiro atoms. The molecular formula is C16H14BrClN2O3. The Morgan fingerprint density at radius 2 is 1.96 bits per heavy atom. The van der Waals surface area contributed by atoms with Crippen LogP contribution in [0.3, 0.4) is 0 Å². The van der Waals surface area contributed by atoms with Crippen LogP contribution < -0.4 is 10.2 Å². The molecular weight excluding hydrogens is 384 g/mol. The van der Waals surface area contributed by atoms with Gasteiger partial charge in [0.05, 0.1) is 16.4 Å². The molecule has 120 valence electrons. The van der Waals surface area contributed by atoms with E-state index in [1.54, 1.807) is 30.3 Å². The molecule has 23 heavy (non-hydrogen) atoms. The van der Waals surface area contributed by atoms with Gasteiger partial charge in [0.2, 0.25) is 0 Å². The summed E-state index contributed by atoms with van der Waals surface area (Å²) in [5.74, 6) is 0.100. The van der Waals surface area contributed by atoms with Gasteiger partial charge in [-0.05, 0) is 40.2 Å². The van der Waals surface area contributed by atoms with E-state index in [-0.39, 0.29) is 17.5 Å². The average molecular weight is 398 g/mol. The van der Waals surface area contributed by atoms with E-state index in [9.17, 15) is 9.59 Å². The normalized spacial score (nSPS) is 14.9. The van der Waals surface area contributed by atoms with Crippen LogP contribution in [0.4, 0.5) is 11.4 Å². The van der Waals surface area contributed by atoms with E-state index >= 15 is 0 Å². The van der Waals surface area contributed by atoms with Crippen molar-refractivity contribution in [2.75, 3.05) is 23.3 Å². The molecule has 0 aliphatic carbocycles. The molecule has 2 heterocycles. The summed E-state index contributed by atoms with van der Waals surface area (Å²) in [6.45, 7) is 1.19. The van der Waals surface area contributed by atoms with Crippen molar-refractivity contribution in [3.05, 3.63) is 45.8 Å². The molecule has 1 fully saturated rings. The van der Waals surface area contributed by atoms with Crippen molar-refractivity contribution in [2.24, 2.45) is 0 Å². The number of rotatable bonds is 3. The lowest BCUT2D eigenvalue weighted by Gasteiger charge is -2.30. The number of amides is 1. The van der Waals surface area contributed by atoms with Crippen LogP contribution in [0.15, 0.2) is 39.4 Å². The standard InChI is InChI=1S/C16H14BrClN2O3/c17-14-5-4-13(23-14)16(22)19-12-3-1-2-11(18)15(12)20-8-6-10(21)7-9-20/h1-5H,6-9H2,(H,19,22). The third kappa shape index (κ3) is 3.59. The molecule has 0 radical (unpaired) electrons. The summed E-state index contributed by atoms with van der Waals surface area (Å²) >= 11 is 9.50. The number of carbonyl (C=O) groups excluding carboxylic acids is 2. The summed E-state index contributed by atoms with van der Waals surface area (Å²) < 4.78 is 5.75. The second-order valence-electron chi connectivity index (χ2n) is 5.22. The maximum Gasteiger partial charge on any atom is 0.291 e. The number of benzene rings is 1. The third-order valence-corrected chi connectivity index (χ3v) is 4.40. The molecule has 1 aromatic carbocycles. The minimum atomic E-state index is -0.354. The zero-order valence-electron chi connectivity index (χ0n) is 12.1. The van der Waals surface area contributed by atoms with Gasteiger partial charge in [-0.3, -0.25) is 9.59 Å². The van der Waals surface area contributed by atoms with Gasteiger partial charge in [0, 0.05) is 25.9 Å². The summed E-state index contributed by atoms with van der Waals surface area (Å²) in [5.41, 5.74) is 1.34. The maximum absolute atomic E-state index is 12.3. The maximum atomic E-state index is 12.3. The van der Waals surface area contributed by atoms with Crippen molar-refractivity contribution in [1.82, 2.24) is 0 Å². The van der Waals surface area contributed by atoms with Crippen molar-refractivity contribution < 1.29 is 14.0 Å². The Kier molecular flexibility index (Phi) is 4.73. The summed E-state index contributed by atoms with van der Waals surface area (Å²) in [6.07, 6.45) is 0.980. The van der Waals surface area contributed by atoms with Crippen LogP contribution in [-0.2, 0) is 4.79 Å². The smallest absolute Gasteiger partial charge is 0.291 e. The number of carbonyl (C=O) groups is 2. The average Bonchev–Trinajstić information content (AvgIpc) is 2.96. The van der Waals surface area contributed by atoms with E-state index in [4.69, 9.17) is 16.0 Å². The van der Waals surface area contributed by atoms with Gasteiger partial charge >= 0.3 is 0 Å². The van der Waals surface area contributed by atoms with Gasteiger partial charge in [-0.25, -0.2) is 0 Å². The lowest BCUT2D eigenvalue weighted by molar-refractivity contribution is -0.119. The fourth-order valence-electron chi connectivity index (χ4n) is 2.54. The number of ketones is 1. The van der Waals surface area contributed by atoms with Crippen LogP contribution in [0.25, 0.3) is 0 Å². The van der Waals surface area contributed by atoms with Crippen LogP contribution in [0.5, 0.6) is 0 Å². The van der Waals surface area contributed by atoms with Crippen LogP contribution in [0.1, 0.15) is 23.4 Å². The van der Waals surface area contributed by atoms with E-state index in [2.05, 4.69) is 21.2 Å². The molecule has 0 unspecified atom stereocenters. The lowest BCUT2D eigenvalue weighted by atomic mass is 10.1. The summed E-state index contributed by atoms with van der Waals surface area (Å²) in [6, 6.07) is 8.57. The number of hydrogen-bond acceptors (Lipinski definition) is 4. The zero-order valence-corrected chi connectivity index (χ0v) is 14.5. The SMILES string of the molecule is O=C1CCN(c2c(Cl)cccc2NC(=O)c2ccc(Br)o2)CC1. The second kappa shape index (κ2) is 6.76. The zero-order chi connectivity index (χ0) is 16.4. The highest BCUT2D eigenvalue weighted by Gasteiger charge is 2.22. The quantitative estimate of drug-likeness (QED) is 0.846. The minimum absolute atomic E-state index is 0.205. The number of furan rings is 1. The van der Waals surface area contributed by atoms with Gasteiger partial charge in [-0.1, -0.05) is 17.7 Å². The number of piperidine rings is 1. The molecule has 5 nitrogen and oxygen atoms in total. The first kappa shape index (κ1) is 16.1. The number of hydrogen-bond donors (Lipinski definition) is 1. The van der Waals surface area contributed by atoms with Gasteiger partial charge in [0.15, 0.2) is 10.4 Å². The molecule has 1 aliphatic rings. The Morgan fingerprint density at radius 1 is 1.22 bits per heavy atom. The molecule has 1 saturated heterocycles. The van der Waals surface area contributed by atoms with E-state index in [1.807, 2.05) is 4.90 Å². The van der Waals surface area contributed by atoms with Crippen molar-refractivity contribution in [2.45, 2.75) is 12.8 Å². The third-order valence-electron chi connectivity index (χ3n) is 3.67. The summed E-state index contributed by atoms with van der Waals surface area (Å²) in [5, 5.41) is 3.36. The van der Waals surface area contributed by atoms with Crippen molar-refractivity contribution in [1.29, 1.82) is 0 Å². The first-order valence-electron chi connectivity index (χ1n) is 7.16. The molecule has 0 saturated carbocycles. The Bertz CT molecular complexity index is 750. The number of Topliss-reactive ketones (excluding diaryl/α,β-unsaturated/α-hetero) is 1. The molecule has 0 bridgehead atoms. The molecule has 0 atom stereocenters. The number of halogens is 2. The Morgan fingerprint density at radius 3 is 2.61 bits per heavy atom. The summed E-state index contributed by atoms with van der Waals surface area (Å²) in [4.78, 5) is 25.7. The molecule has 1 aromatic heterocycles. The van der Waals surface area contributed by atoms with Gasteiger partial charge in [0.1, 0.15) is 5.78 Å². The number of nitrogens with one attached hydrogen (secondary N) is 1. The topological polar surface area (TPSA) is 62.6 Å². The monoisotopic (exact) mass is 396 g/mol. The largest absolute Gasteiger partial charge is 0.444 e. The van der Waals surface area contributed by atoms with Crippen molar-refractivity contribution >= 4 is 50.6 Å². The van der Waals surface area contributed by atoms with Crippen molar-refractivity contribution in [3.63, 3.8) is 0 Å². The fraction of sp³-hybridized carbons (Fsp3) is 0.250. The highest BCUT2D eigenvalue weighted by molar-refractivity contribution is 9.10. The lowest BCUT2D eigenvalue weighted by Crippen LogP contribution is -2.34. The van der Waals surface area contributed by atoms with Crippen LogP contribution in [0, 0.1) is 0 Å². The predicted octanol–water partition coefficient (Wildman–Crippen LogP) is 4.12. The van der Waals surface area contributed by atoms with E-state index in [0.717, 1.165) is 5.69 Å². The highest BCUT2D eigenvalue weighted by Crippen LogP contribution is 2.35. The first-order chi connectivity index (χ1) is 11.0. The van der Waals surface area contributed by atoms with Crippen molar-refractivity contribution in [3.8, 4) is 0 Å². The molecule has 2 aromatic rings. The first-order valence-corrected chi connectivity index (χ1v) is 8.33. The van der Waals surface area contributed by atoms with Crippen LogP contribution in [-0.4, -0.2) is 24.8 Å². The van der Waals surface area contributed by atoms with E-state index in [0.29, 0.717) is 41.3 Å². The molecule has 1 amide bonds. The number of para-hydroxylation sites is 1. The van der Waals surface area contributed by atoms with Gasteiger partial charge < -0.3 is 14.6 Å². The summed E-state index contributed by atoms with van der Waals surface area (Å²) in [7, 11) is 0. The fourth-order valence-corrected chi connectivity index (χ4v) is 3.14. The molecule has 7 heteroatoms. The van der Waals surface area contributed by atoms with Gasteiger partial charge in [-0.15, -0.1) is 0 Å². The molecule has 1 N–H and O–H groups in total. The number of anilines is 2. The predicted molar refractivity (Wildman–Crippen MR) is 92.3 cm³/mol. The Balaban J connectivity index is 1.86. The van der Waals surface area contributed by atoms with Gasteiger partial charge in [-0.2, -0.15) is 0 Å². The van der Waals surface area contributed by atoms with E-state index < -0.39 is 0 Å². The Hall–Kier alpha value is -1.79. The highest BCUT2D eigenvalue weighted by atomic mass is 79.9. The van der Waals surface area contributed by atoms with Gasteiger partial charge in [0.25, 0.3) is 5.91 Å². The van der Waals surface area contributed by atoms with Crippen LogP contribution in [0.2, 0.25) is 5.02 Å². The Labute approximate surface area is 146 Å². The molecule has 1 aliphatic heterocycles.